The topological polar surface area (TPSA) is 235 Å². The molecule has 11 N–H and O–H groups in total. The average Bonchev–Trinajstić information content (AvgIpc) is 2.79. The number of hydrogen-bond donors (Lipinski definition) is 8. The Labute approximate surface area is 206 Å². The number of nitrogens with one attached hydrogen (secondary N) is 3. The third kappa shape index (κ3) is 11.4. The molecular formula is C22H43N7O6. The lowest BCUT2D eigenvalue weighted by atomic mass is 9.94. The summed E-state index contributed by atoms with van der Waals surface area (Å²) in [6.45, 7) is 8.73. The van der Waals surface area contributed by atoms with Gasteiger partial charge in [-0.05, 0) is 31.6 Å². The molecule has 0 saturated carbocycles. The highest BCUT2D eigenvalue weighted by atomic mass is 16.4. The maximum Gasteiger partial charge on any atom is 0.328 e. The Bertz CT molecular complexity index is 742. The number of amides is 3. The van der Waals surface area contributed by atoms with E-state index in [4.69, 9.17) is 17.2 Å². The van der Waals surface area contributed by atoms with E-state index in [0.717, 1.165) is 0 Å². The van der Waals surface area contributed by atoms with Crippen molar-refractivity contribution in [2.45, 2.75) is 90.6 Å². The van der Waals surface area contributed by atoms with Crippen LogP contribution in [0.2, 0.25) is 0 Å². The highest BCUT2D eigenvalue weighted by Gasteiger charge is 2.35. The molecule has 0 rings (SSSR count). The molecule has 35 heavy (non-hydrogen) atoms. The van der Waals surface area contributed by atoms with E-state index in [2.05, 4.69) is 20.9 Å². The third-order valence-electron chi connectivity index (χ3n) is 5.94. The number of carbonyl (C=O) groups is 4. The van der Waals surface area contributed by atoms with Crippen LogP contribution in [0.25, 0.3) is 0 Å². The van der Waals surface area contributed by atoms with E-state index < -0.39 is 54.0 Å². The summed E-state index contributed by atoms with van der Waals surface area (Å²) in [6.07, 6.45) is 0.487. The second-order valence-corrected chi connectivity index (χ2v) is 8.86. The van der Waals surface area contributed by atoms with Gasteiger partial charge in [-0.2, -0.15) is 0 Å². The second-order valence-electron chi connectivity index (χ2n) is 8.86. The average molecular weight is 502 g/mol. The molecule has 7 atom stereocenters. The van der Waals surface area contributed by atoms with Crippen molar-refractivity contribution in [3.05, 3.63) is 0 Å². The van der Waals surface area contributed by atoms with E-state index >= 15 is 0 Å². The van der Waals surface area contributed by atoms with E-state index in [-0.39, 0.29) is 17.8 Å². The third-order valence-corrected chi connectivity index (χ3v) is 5.94. The van der Waals surface area contributed by atoms with Gasteiger partial charge in [0.25, 0.3) is 0 Å². The lowest BCUT2D eigenvalue weighted by molar-refractivity contribution is -0.145. The van der Waals surface area contributed by atoms with Gasteiger partial charge in [0.2, 0.25) is 17.7 Å². The quantitative estimate of drug-likeness (QED) is 0.0688. The van der Waals surface area contributed by atoms with Crippen molar-refractivity contribution in [2.75, 3.05) is 6.54 Å². The van der Waals surface area contributed by atoms with Crippen LogP contribution in [0.15, 0.2) is 4.99 Å². The molecule has 7 unspecified atom stereocenters. The number of carboxylic acids is 1. The summed E-state index contributed by atoms with van der Waals surface area (Å²) < 4.78 is 0. The Balaban J connectivity index is 5.48. The van der Waals surface area contributed by atoms with Gasteiger partial charge in [0, 0.05) is 6.54 Å². The van der Waals surface area contributed by atoms with Crippen molar-refractivity contribution in [1.82, 2.24) is 16.0 Å². The van der Waals surface area contributed by atoms with Crippen LogP contribution >= 0.6 is 0 Å². The summed E-state index contributed by atoms with van der Waals surface area (Å²) in [5.41, 5.74) is 16.5. The number of carbonyl (C=O) groups excluding carboxylic acids is 3. The van der Waals surface area contributed by atoms with Crippen molar-refractivity contribution < 1.29 is 29.4 Å². The first-order valence-electron chi connectivity index (χ1n) is 11.9. The van der Waals surface area contributed by atoms with Crippen LogP contribution in [0.3, 0.4) is 0 Å². The first-order chi connectivity index (χ1) is 16.3. The molecule has 13 heteroatoms. The molecule has 0 aliphatic carbocycles. The van der Waals surface area contributed by atoms with Gasteiger partial charge in [0.1, 0.15) is 12.1 Å². The normalized spacial score (nSPS) is 17.0. The number of carboxylic acid groups (broad SMARTS) is 1. The van der Waals surface area contributed by atoms with E-state index in [1.165, 1.54) is 6.92 Å². The van der Waals surface area contributed by atoms with Gasteiger partial charge in [-0.1, -0.05) is 40.5 Å². The van der Waals surface area contributed by atoms with Crippen LogP contribution in [0.1, 0.15) is 60.3 Å². The predicted molar refractivity (Wildman–Crippen MR) is 132 cm³/mol. The fraction of sp³-hybridized carbons (Fsp3) is 0.773. The second kappa shape index (κ2) is 15.9. The van der Waals surface area contributed by atoms with Crippen molar-refractivity contribution in [3.8, 4) is 0 Å². The zero-order valence-corrected chi connectivity index (χ0v) is 21.3. The molecule has 0 bridgehead atoms. The monoisotopic (exact) mass is 501 g/mol. The van der Waals surface area contributed by atoms with Gasteiger partial charge in [0.15, 0.2) is 12.0 Å². The zero-order valence-electron chi connectivity index (χ0n) is 21.3. The molecule has 0 aromatic heterocycles. The number of rotatable bonds is 16. The standard InChI is InChI=1S/C22H43N7O6/c1-6-11(3)15(27-18(31)14(23)9-8-10-26-22(24)25)19(32)28-16(12(4)7-2)20(33)29-17(13(5)30)21(34)35/h11-17,30H,6-10,23H2,1-5H3,(H,27,31)(H,28,32)(H,29,33)(H,34,35)(H4,24,25,26). The Hall–Kier alpha value is -2.93. The van der Waals surface area contributed by atoms with Crippen LogP contribution in [-0.4, -0.2) is 76.7 Å². The lowest BCUT2D eigenvalue weighted by Gasteiger charge is -2.30. The minimum absolute atomic E-state index is 0.0560. The summed E-state index contributed by atoms with van der Waals surface area (Å²) in [5, 5.41) is 26.5. The molecule has 0 aliphatic rings. The van der Waals surface area contributed by atoms with Crippen LogP contribution in [0.4, 0.5) is 0 Å². The maximum atomic E-state index is 13.2. The molecule has 0 fully saturated rings. The molecule has 0 radical (unpaired) electrons. The fourth-order valence-electron chi connectivity index (χ4n) is 3.19. The maximum absolute atomic E-state index is 13.2. The largest absolute Gasteiger partial charge is 0.480 e. The molecule has 3 amide bonds. The van der Waals surface area contributed by atoms with E-state index in [1.54, 1.807) is 13.8 Å². The number of guanidine groups is 1. The number of nitrogens with two attached hydrogens (primary N) is 3. The van der Waals surface area contributed by atoms with Crippen LogP contribution in [-0.2, 0) is 19.2 Å². The Morgan fingerprint density at radius 3 is 1.63 bits per heavy atom. The Morgan fingerprint density at radius 2 is 1.26 bits per heavy atom. The minimum Gasteiger partial charge on any atom is -0.480 e. The van der Waals surface area contributed by atoms with Gasteiger partial charge >= 0.3 is 5.97 Å². The van der Waals surface area contributed by atoms with Crippen molar-refractivity contribution in [2.24, 2.45) is 34.0 Å². The number of aliphatic hydroxyl groups is 1. The molecule has 0 spiro atoms. The molecule has 0 saturated heterocycles. The first-order valence-corrected chi connectivity index (χ1v) is 11.9. The Morgan fingerprint density at radius 1 is 0.829 bits per heavy atom. The SMILES string of the molecule is CCC(C)C(NC(=O)C(N)CCCN=C(N)N)C(=O)NC(C(=O)NC(C(=O)O)C(C)O)C(C)CC. The van der Waals surface area contributed by atoms with Gasteiger partial charge in [0.05, 0.1) is 12.1 Å². The molecular weight excluding hydrogens is 458 g/mol. The number of aliphatic hydroxyl groups excluding tert-OH is 1. The van der Waals surface area contributed by atoms with Crippen LogP contribution in [0.5, 0.6) is 0 Å². The molecule has 13 nitrogen and oxygen atoms in total. The number of nitrogens with zero attached hydrogens (tertiary/aromatic N) is 1. The van der Waals surface area contributed by atoms with Gasteiger partial charge in [-0.3, -0.25) is 19.4 Å². The van der Waals surface area contributed by atoms with E-state index in [1.807, 2.05) is 13.8 Å². The lowest BCUT2D eigenvalue weighted by Crippen LogP contribution is -2.60. The van der Waals surface area contributed by atoms with E-state index in [0.29, 0.717) is 32.2 Å². The van der Waals surface area contributed by atoms with Crippen LogP contribution < -0.4 is 33.2 Å². The molecule has 202 valence electrons. The fourth-order valence-corrected chi connectivity index (χ4v) is 3.19. The number of hydrogen-bond acceptors (Lipinski definition) is 7. The summed E-state index contributed by atoms with van der Waals surface area (Å²) in [6, 6.07) is -4.47. The van der Waals surface area contributed by atoms with Crippen LogP contribution in [0, 0.1) is 11.8 Å². The highest BCUT2D eigenvalue weighted by molar-refractivity contribution is 5.94. The van der Waals surface area contributed by atoms with Gasteiger partial charge in [-0.15, -0.1) is 0 Å². The summed E-state index contributed by atoms with van der Waals surface area (Å²) >= 11 is 0. The van der Waals surface area contributed by atoms with Gasteiger partial charge in [-0.25, -0.2) is 4.79 Å². The zero-order chi connectivity index (χ0) is 27.3. The minimum atomic E-state index is -1.53. The number of aliphatic carboxylic acids is 1. The number of aliphatic imine (C=N–C) groups is 1. The first kappa shape index (κ1) is 32.1. The summed E-state index contributed by atoms with van der Waals surface area (Å²) in [4.78, 5) is 53.9. The summed E-state index contributed by atoms with van der Waals surface area (Å²) in [5.74, 6) is -3.96. The molecule has 0 aromatic rings. The molecule has 0 aliphatic heterocycles. The van der Waals surface area contributed by atoms with Crippen molar-refractivity contribution in [3.63, 3.8) is 0 Å². The predicted octanol–water partition coefficient (Wildman–Crippen LogP) is -1.62. The molecule has 0 aromatic carbocycles. The smallest absolute Gasteiger partial charge is 0.328 e. The van der Waals surface area contributed by atoms with E-state index in [9.17, 15) is 29.4 Å². The Kier molecular flexibility index (Phi) is 14.5. The summed E-state index contributed by atoms with van der Waals surface area (Å²) in [7, 11) is 0. The van der Waals surface area contributed by atoms with Gasteiger partial charge < -0.3 is 43.4 Å². The molecule has 0 heterocycles. The van der Waals surface area contributed by atoms with Crippen molar-refractivity contribution >= 4 is 29.7 Å². The van der Waals surface area contributed by atoms with Crippen molar-refractivity contribution in [1.29, 1.82) is 0 Å². The highest BCUT2D eigenvalue weighted by Crippen LogP contribution is 2.13.